The van der Waals surface area contributed by atoms with Crippen LogP contribution < -0.4 is 5.32 Å². The largest absolute Gasteiger partial charge is 0.313 e. The fourth-order valence-electron chi connectivity index (χ4n) is 3.82. The van der Waals surface area contributed by atoms with Crippen LogP contribution in [-0.4, -0.2) is 12.6 Å². The second-order valence-electron chi connectivity index (χ2n) is 5.72. The molecule has 1 heterocycles. The van der Waals surface area contributed by atoms with Crippen molar-refractivity contribution in [3.8, 4) is 0 Å². The molecule has 0 fully saturated rings. The van der Waals surface area contributed by atoms with Crippen LogP contribution in [0.4, 0.5) is 0 Å². The SMILES string of the molecule is c1ccc2c(c1)CCN[C@H]1CCc3ccccc3[C@H]21. The van der Waals surface area contributed by atoms with Gasteiger partial charge in [0.15, 0.2) is 0 Å². The van der Waals surface area contributed by atoms with Crippen LogP contribution in [0.2, 0.25) is 0 Å². The van der Waals surface area contributed by atoms with E-state index in [1.54, 1.807) is 16.7 Å². The fourth-order valence-corrected chi connectivity index (χ4v) is 3.82. The molecule has 0 amide bonds. The van der Waals surface area contributed by atoms with Crippen molar-refractivity contribution < 1.29 is 0 Å². The van der Waals surface area contributed by atoms with E-state index >= 15 is 0 Å². The van der Waals surface area contributed by atoms with Gasteiger partial charge in [-0.05, 0) is 48.1 Å². The van der Waals surface area contributed by atoms with Gasteiger partial charge < -0.3 is 5.32 Å². The van der Waals surface area contributed by atoms with E-state index in [1.807, 2.05) is 0 Å². The molecule has 2 aliphatic rings. The minimum Gasteiger partial charge on any atom is -0.313 e. The molecule has 0 aromatic heterocycles. The molecule has 19 heavy (non-hydrogen) atoms. The number of hydrogen-bond acceptors (Lipinski definition) is 1. The third-order valence-corrected chi connectivity index (χ3v) is 4.71. The molecule has 0 unspecified atom stereocenters. The lowest BCUT2D eigenvalue weighted by Gasteiger charge is -2.33. The fraction of sp³-hybridized carbons (Fsp3) is 0.333. The quantitative estimate of drug-likeness (QED) is 0.755. The van der Waals surface area contributed by atoms with E-state index < -0.39 is 0 Å². The van der Waals surface area contributed by atoms with Crippen molar-refractivity contribution in [2.24, 2.45) is 0 Å². The van der Waals surface area contributed by atoms with Gasteiger partial charge >= 0.3 is 0 Å². The number of hydrogen-bond donors (Lipinski definition) is 1. The first-order valence-corrected chi connectivity index (χ1v) is 7.32. The molecule has 2 aromatic rings. The first kappa shape index (κ1) is 11.2. The minimum atomic E-state index is 0.545. The van der Waals surface area contributed by atoms with E-state index in [1.165, 1.54) is 18.4 Å². The Morgan fingerprint density at radius 2 is 1.42 bits per heavy atom. The van der Waals surface area contributed by atoms with Gasteiger partial charge in [-0.25, -0.2) is 0 Å². The zero-order valence-electron chi connectivity index (χ0n) is 11.1. The molecule has 0 saturated carbocycles. The number of fused-ring (bicyclic) bond motifs is 5. The van der Waals surface area contributed by atoms with Crippen LogP contribution in [0.3, 0.4) is 0 Å². The summed E-state index contributed by atoms with van der Waals surface area (Å²) in [5, 5.41) is 3.77. The minimum absolute atomic E-state index is 0.545. The summed E-state index contributed by atoms with van der Waals surface area (Å²) in [4.78, 5) is 0. The Morgan fingerprint density at radius 1 is 0.789 bits per heavy atom. The molecule has 1 aliphatic carbocycles. The molecule has 0 saturated heterocycles. The third-order valence-electron chi connectivity index (χ3n) is 4.71. The summed E-state index contributed by atoms with van der Waals surface area (Å²) in [6, 6.07) is 18.6. The maximum Gasteiger partial charge on any atom is 0.0249 e. The predicted molar refractivity (Wildman–Crippen MR) is 78.5 cm³/mol. The summed E-state index contributed by atoms with van der Waals surface area (Å²) in [6.45, 7) is 1.11. The highest BCUT2D eigenvalue weighted by molar-refractivity contribution is 5.45. The van der Waals surface area contributed by atoms with Gasteiger partial charge in [-0.15, -0.1) is 0 Å². The Hall–Kier alpha value is -1.60. The van der Waals surface area contributed by atoms with Gasteiger partial charge in [0, 0.05) is 12.0 Å². The van der Waals surface area contributed by atoms with Crippen LogP contribution in [0.1, 0.15) is 34.6 Å². The van der Waals surface area contributed by atoms with Gasteiger partial charge in [-0.2, -0.15) is 0 Å². The molecule has 0 bridgehead atoms. The van der Waals surface area contributed by atoms with Crippen molar-refractivity contribution in [3.63, 3.8) is 0 Å². The van der Waals surface area contributed by atoms with Gasteiger partial charge in [-0.3, -0.25) is 0 Å². The molecule has 0 spiro atoms. The Balaban J connectivity index is 1.91. The lowest BCUT2D eigenvalue weighted by molar-refractivity contribution is 0.434. The average Bonchev–Trinajstić information content (AvgIpc) is 2.66. The summed E-state index contributed by atoms with van der Waals surface area (Å²) < 4.78 is 0. The summed E-state index contributed by atoms with van der Waals surface area (Å²) in [7, 11) is 0. The summed E-state index contributed by atoms with van der Waals surface area (Å²) >= 11 is 0. The Kier molecular flexibility index (Phi) is 2.66. The van der Waals surface area contributed by atoms with Gasteiger partial charge in [-0.1, -0.05) is 48.5 Å². The van der Waals surface area contributed by atoms with E-state index in [4.69, 9.17) is 0 Å². The Labute approximate surface area is 114 Å². The van der Waals surface area contributed by atoms with Crippen molar-refractivity contribution in [3.05, 3.63) is 70.8 Å². The Morgan fingerprint density at radius 3 is 2.16 bits per heavy atom. The predicted octanol–water partition coefficient (Wildman–Crippen LogP) is 3.28. The maximum atomic E-state index is 3.77. The second-order valence-corrected chi connectivity index (χ2v) is 5.72. The molecular weight excluding hydrogens is 230 g/mol. The molecule has 1 N–H and O–H groups in total. The number of rotatable bonds is 0. The van der Waals surface area contributed by atoms with Gasteiger partial charge in [0.25, 0.3) is 0 Å². The van der Waals surface area contributed by atoms with E-state index in [-0.39, 0.29) is 0 Å². The van der Waals surface area contributed by atoms with Crippen LogP contribution >= 0.6 is 0 Å². The molecule has 1 heteroatoms. The first-order chi connectivity index (χ1) is 9.43. The summed E-state index contributed by atoms with van der Waals surface area (Å²) in [5.41, 5.74) is 6.16. The molecule has 96 valence electrons. The van der Waals surface area contributed by atoms with Crippen LogP contribution in [0.5, 0.6) is 0 Å². The third kappa shape index (κ3) is 1.81. The highest BCUT2D eigenvalue weighted by Crippen LogP contribution is 2.39. The molecule has 1 aliphatic heterocycles. The van der Waals surface area contributed by atoms with E-state index in [0.717, 1.165) is 13.0 Å². The Bertz CT molecular complexity index is 602. The smallest absolute Gasteiger partial charge is 0.0249 e. The van der Waals surface area contributed by atoms with E-state index in [0.29, 0.717) is 12.0 Å². The van der Waals surface area contributed by atoms with Crippen LogP contribution in [0.15, 0.2) is 48.5 Å². The molecular formula is C18H19N. The maximum absolute atomic E-state index is 3.77. The average molecular weight is 249 g/mol. The zero-order chi connectivity index (χ0) is 12.7. The van der Waals surface area contributed by atoms with Crippen LogP contribution in [0.25, 0.3) is 0 Å². The van der Waals surface area contributed by atoms with Gasteiger partial charge in [0.1, 0.15) is 0 Å². The van der Waals surface area contributed by atoms with Crippen molar-refractivity contribution in [1.82, 2.24) is 5.32 Å². The normalized spacial score (nSPS) is 24.8. The first-order valence-electron chi connectivity index (χ1n) is 7.32. The highest BCUT2D eigenvalue weighted by atomic mass is 14.9. The standard InChI is InChI=1S/C18H19N/c1-3-7-15-13(5-1)9-10-17-18(15)16-8-4-2-6-14(16)11-12-19-17/h1-8,17-19H,9-12H2/t17-,18+/m0/s1. The lowest BCUT2D eigenvalue weighted by atomic mass is 9.75. The molecule has 2 aromatic carbocycles. The second kappa shape index (κ2) is 4.50. The number of nitrogens with one attached hydrogen (secondary N) is 1. The topological polar surface area (TPSA) is 12.0 Å². The van der Waals surface area contributed by atoms with E-state index in [2.05, 4.69) is 53.8 Å². The van der Waals surface area contributed by atoms with Crippen LogP contribution in [-0.2, 0) is 12.8 Å². The molecule has 4 rings (SSSR count). The molecule has 0 radical (unpaired) electrons. The van der Waals surface area contributed by atoms with Crippen molar-refractivity contribution in [2.75, 3.05) is 6.54 Å². The molecule has 2 atom stereocenters. The van der Waals surface area contributed by atoms with Gasteiger partial charge in [0.2, 0.25) is 0 Å². The van der Waals surface area contributed by atoms with Crippen LogP contribution in [0, 0.1) is 0 Å². The molecule has 1 nitrogen and oxygen atoms in total. The van der Waals surface area contributed by atoms with Crippen molar-refractivity contribution >= 4 is 0 Å². The monoisotopic (exact) mass is 249 g/mol. The lowest BCUT2D eigenvalue weighted by Crippen LogP contribution is -2.38. The van der Waals surface area contributed by atoms with E-state index in [9.17, 15) is 0 Å². The summed E-state index contributed by atoms with van der Waals surface area (Å²) in [5.74, 6) is 0.545. The van der Waals surface area contributed by atoms with Gasteiger partial charge in [0.05, 0.1) is 0 Å². The highest BCUT2D eigenvalue weighted by Gasteiger charge is 2.32. The summed E-state index contributed by atoms with van der Waals surface area (Å²) in [6.07, 6.45) is 3.63. The zero-order valence-corrected chi connectivity index (χ0v) is 11.1. The van der Waals surface area contributed by atoms with Crippen molar-refractivity contribution in [1.29, 1.82) is 0 Å². The number of aryl methyl sites for hydroxylation is 1. The number of benzene rings is 2. The van der Waals surface area contributed by atoms with Crippen molar-refractivity contribution in [2.45, 2.75) is 31.2 Å².